The standard InChI is InChI=1S/C10H20O2S2/c1-13-10(14(2)12)9(11)8-6-4-3-5-7-8/h8-11H,3-7H2,1-2H3. The van der Waals surface area contributed by atoms with Crippen LogP contribution in [-0.4, -0.2) is 32.5 Å². The van der Waals surface area contributed by atoms with Crippen LogP contribution in [0.4, 0.5) is 0 Å². The molecule has 0 saturated heterocycles. The Hall–Kier alpha value is 0.460. The molecule has 0 aliphatic heterocycles. The molecule has 0 bridgehead atoms. The van der Waals surface area contributed by atoms with Crippen molar-refractivity contribution in [3.63, 3.8) is 0 Å². The summed E-state index contributed by atoms with van der Waals surface area (Å²) in [6.07, 6.45) is 9.19. The van der Waals surface area contributed by atoms with Crippen LogP contribution in [0.3, 0.4) is 0 Å². The molecule has 3 unspecified atom stereocenters. The molecular formula is C10H20O2S2. The van der Waals surface area contributed by atoms with Gasteiger partial charge in [-0.2, -0.15) is 0 Å². The molecule has 84 valence electrons. The Balaban J connectivity index is 2.51. The van der Waals surface area contributed by atoms with E-state index in [4.69, 9.17) is 0 Å². The Morgan fingerprint density at radius 2 is 1.93 bits per heavy atom. The number of rotatable bonds is 4. The van der Waals surface area contributed by atoms with Crippen LogP contribution in [-0.2, 0) is 10.8 Å². The van der Waals surface area contributed by atoms with Gasteiger partial charge < -0.3 is 5.11 Å². The summed E-state index contributed by atoms with van der Waals surface area (Å²) in [5.41, 5.74) is 0. The third-order valence-electron chi connectivity index (χ3n) is 2.97. The van der Waals surface area contributed by atoms with Crippen molar-refractivity contribution in [3.8, 4) is 0 Å². The van der Waals surface area contributed by atoms with Crippen molar-refractivity contribution >= 4 is 22.6 Å². The summed E-state index contributed by atoms with van der Waals surface area (Å²) in [7, 11) is -0.922. The first-order chi connectivity index (χ1) is 6.66. The van der Waals surface area contributed by atoms with Gasteiger partial charge in [0.2, 0.25) is 0 Å². The van der Waals surface area contributed by atoms with E-state index in [1.807, 2.05) is 6.26 Å². The fraction of sp³-hybridized carbons (Fsp3) is 1.00. The van der Waals surface area contributed by atoms with Crippen LogP contribution in [0.1, 0.15) is 32.1 Å². The summed E-state index contributed by atoms with van der Waals surface area (Å²) in [4.78, 5) is 0. The van der Waals surface area contributed by atoms with Gasteiger partial charge in [0.15, 0.2) is 0 Å². The topological polar surface area (TPSA) is 37.3 Å². The zero-order valence-corrected chi connectivity index (χ0v) is 10.6. The van der Waals surface area contributed by atoms with Crippen molar-refractivity contribution in [1.82, 2.24) is 0 Å². The van der Waals surface area contributed by atoms with Crippen molar-refractivity contribution in [2.45, 2.75) is 42.8 Å². The molecule has 2 nitrogen and oxygen atoms in total. The number of aliphatic hydroxyl groups is 1. The first-order valence-corrected chi connectivity index (χ1v) is 8.11. The van der Waals surface area contributed by atoms with Gasteiger partial charge in [-0.3, -0.25) is 4.21 Å². The monoisotopic (exact) mass is 236 g/mol. The van der Waals surface area contributed by atoms with Crippen molar-refractivity contribution in [2.24, 2.45) is 5.92 Å². The molecule has 0 spiro atoms. The number of thioether (sulfide) groups is 1. The first-order valence-electron chi connectivity index (χ1n) is 5.20. The van der Waals surface area contributed by atoms with Crippen molar-refractivity contribution in [3.05, 3.63) is 0 Å². The van der Waals surface area contributed by atoms with Crippen LogP contribution < -0.4 is 0 Å². The van der Waals surface area contributed by atoms with E-state index >= 15 is 0 Å². The molecule has 0 aromatic carbocycles. The van der Waals surface area contributed by atoms with Crippen LogP contribution >= 0.6 is 11.8 Å². The Kier molecular flexibility index (Phi) is 5.49. The second-order valence-electron chi connectivity index (χ2n) is 3.99. The second-order valence-corrected chi connectivity index (χ2v) is 6.77. The van der Waals surface area contributed by atoms with Gasteiger partial charge in [0.05, 0.1) is 6.10 Å². The molecular weight excluding hydrogens is 216 g/mol. The average molecular weight is 236 g/mol. The average Bonchev–Trinajstić information content (AvgIpc) is 2.19. The molecule has 0 aromatic heterocycles. The molecule has 1 aliphatic carbocycles. The zero-order chi connectivity index (χ0) is 10.6. The van der Waals surface area contributed by atoms with E-state index in [-0.39, 0.29) is 10.7 Å². The third kappa shape index (κ3) is 3.24. The lowest BCUT2D eigenvalue weighted by atomic mass is 9.86. The quantitative estimate of drug-likeness (QED) is 0.811. The summed E-state index contributed by atoms with van der Waals surface area (Å²) < 4.78 is 11.3. The Morgan fingerprint density at radius 1 is 1.36 bits per heavy atom. The maximum absolute atomic E-state index is 11.4. The highest BCUT2D eigenvalue weighted by Crippen LogP contribution is 2.31. The van der Waals surface area contributed by atoms with Crippen LogP contribution in [0.5, 0.6) is 0 Å². The molecule has 1 fully saturated rings. The van der Waals surface area contributed by atoms with Crippen molar-refractivity contribution in [2.75, 3.05) is 12.5 Å². The van der Waals surface area contributed by atoms with E-state index in [2.05, 4.69) is 0 Å². The minimum atomic E-state index is -0.922. The molecule has 1 aliphatic rings. The van der Waals surface area contributed by atoms with Gasteiger partial charge in [-0.1, -0.05) is 19.3 Å². The lowest BCUT2D eigenvalue weighted by Gasteiger charge is -2.30. The molecule has 0 heterocycles. The molecule has 1 N–H and O–H groups in total. The number of hydrogen-bond donors (Lipinski definition) is 1. The fourth-order valence-corrected chi connectivity index (χ4v) is 4.37. The second kappa shape index (κ2) is 6.13. The Labute approximate surface area is 93.3 Å². The smallest absolute Gasteiger partial charge is 0.106 e. The van der Waals surface area contributed by atoms with Gasteiger partial charge in [0, 0.05) is 17.1 Å². The van der Waals surface area contributed by atoms with Crippen LogP contribution in [0.25, 0.3) is 0 Å². The largest absolute Gasteiger partial charge is 0.391 e. The number of aliphatic hydroxyl groups excluding tert-OH is 1. The normalized spacial score (nSPS) is 25.6. The predicted molar refractivity (Wildman–Crippen MR) is 64.0 cm³/mol. The molecule has 4 heteroatoms. The van der Waals surface area contributed by atoms with Crippen LogP contribution in [0, 0.1) is 5.92 Å². The van der Waals surface area contributed by atoms with E-state index in [9.17, 15) is 9.32 Å². The maximum Gasteiger partial charge on any atom is 0.106 e. The predicted octanol–water partition coefficient (Wildman–Crippen LogP) is 2.00. The van der Waals surface area contributed by atoms with Crippen LogP contribution in [0.15, 0.2) is 0 Å². The summed E-state index contributed by atoms with van der Waals surface area (Å²) >= 11 is 1.53. The molecule has 0 amide bonds. The summed E-state index contributed by atoms with van der Waals surface area (Å²) in [5.74, 6) is 0.380. The Bertz CT molecular complexity index is 191. The SMILES string of the molecule is CSC(C(O)C1CCCCC1)S(C)=O. The molecule has 3 atom stereocenters. The van der Waals surface area contributed by atoms with Gasteiger partial charge in [0.25, 0.3) is 0 Å². The van der Waals surface area contributed by atoms with E-state index in [1.165, 1.54) is 31.0 Å². The lowest BCUT2D eigenvalue weighted by Crippen LogP contribution is -2.35. The summed E-state index contributed by atoms with van der Waals surface area (Å²) in [5, 5.41) is 10.1. The van der Waals surface area contributed by atoms with Crippen molar-refractivity contribution < 1.29 is 9.32 Å². The zero-order valence-electron chi connectivity index (χ0n) is 8.94. The highest BCUT2D eigenvalue weighted by molar-refractivity contribution is 8.10. The highest BCUT2D eigenvalue weighted by Gasteiger charge is 2.30. The molecule has 1 saturated carbocycles. The van der Waals surface area contributed by atoms with Gasteiger partial charge in [-0.05, 0) is 25.0 Å². The summed E-state index contributed by atoms with van der Waals surface area (Å²) in [6.45, 7) is 0. The van der Waals surface area contributed by atoms with Gasteiger partial charge in [0.1, 0.15) is 4.58 Å². The van der Waals surface area contributed by atoms with Crippen LogP contribution in [0.2, 0.25) is 0 Å². The van der Waals surface area contributed by atoms with E-state index < -0.39 is 10.8 Å². The van der Waals surface area contributed by atoms with Crippen molar-refractivity contribution in [1.29, 1.82) is 0 Å². The molecule has 1 rings (SSSR count). The fourth-order valence-electron chi connectivity index (χ4n) is 2.17. The van der Waals surface area contributed by atoms with E-state index in [0.29, 0.717) is 5.92 Å². The molecule has 0 aromatic rings. The summed E-state index contributed by atoms with van der Waals surface area (Å²) in [6, 6.07) is 0. The van der Waals surface area contributed by atoms with Gasteiger partial charge >= 0.3 is 0 Å². The highest BCUT2D eigenvalue weighted by atomic mass is 32.2. The van der Waals surface area contributed by atoms with E-state index in [1.54, 1.807) is 6.26 Å². The maximum atomic E-state index is 11.4. The third-order valence-corrected chi connectivity index (χ3v) is 6.04. The minimum absolute atomic E-state index is 0.0990. The van der Waals surface area contributed by atoms with Gasteiger partial charge in [-0.25, -0.2) is 0 Å². The lowest BCUT2D eigenvalue weighted by molar-refractivity contribution is 0.0981. The molecule has 14 heavy (non-hydrogen) atoms. The molecule has 0 radical (unpaired) electrons. The van der Waals surface area contributed by atoms with E-state index in [0.717, 1.165) is 12.8 Å². The Morgan fingerprint density at radius 3 is 2.36 bits per heavy atom. The number of hydrogen-bond acceptors (Lipinski definition) is 3. The van der Waals surface area contributed by atoms with Gasteiger partial charge in [-0.15, -0.1) is 11.8 Å². The first kappa shape index (κ1) is 12.5. The minimum Gasteiger partial charge on any atom is -0.391 e.